The fourth-order valence-corrected chi connectivity index (χ4v) is 2.99. The number of tetrazole rings is 1. The summed E-state index contributed by atoms with van der Waals surface area (Å²) in [5.41, 5.74) is 3.13. The molecule has 25 heavy (non-hydrogen) atoms. The Kier molecular flexibility index (Phi) is 5.35. The predicted molar refractivity (Wildman–Crippen MR) is 92.8 cm³/mol. The average molecular weight is 359 g/mol. The van der Waals surface area contributed by atoms with E-state index in [0.717, 1.165) is 16.7 Å². The minimum atomic E-state index is -4.11. The van der Waals surface area contributed by atoms with Crippen LogP contribution in [-0.4, -0.2) is 43.2 Å². The molecule has 130 valence electrons. The van der Waals surface area contributed by atoms with Crippen LogP contribution in [0.3, 0.4) is 0 Å². The second-order valence-corrected chi connectivity index (χ2v) is 7.23. The molecular weight excluding hydrogens is 341 g/mol. The monoisotopic (exact) mass is 359 g/mol. The van der Waals surface area contributed by atoms with Crippen molar-refractivity contribution in [2.24, 2.45) is 0 Å². The predicted octanol–water partition coefficient (Wildman–Crippen LogP) is 1.72. The van der Waals surface area contributed by atoms with E-state index in [1.54, 1.807) is 0 Å². The number of aromatic amines is 1. The van der Waals surface area contributed by atoms with Crippen molar-refractivity contribution >= 4 is 7.60 Å². The summed E-state index contributed by atoms with van der Waals surface area (Å²) in [4.78, 5) is 18.0. The third-order valence-corrected chi connectivity index (χ3v) is 4.40. The molecule has 1 heterocycles. The lowest BCUT2D eigenvalue weighted by atomic mass is 9.95. The van der Waals surface area contributed by atoms with Crippen LogP contribution in [0.5, 0.6) is 0 Å². The molecule has 0 aliphatic rings. The van der Waals surface area contributed by atoms with Crippen molar-refractivity contribution in [1.82, 2.24) is 25.9 Å². The maximum absolute atomic E-state index is 11.0. The number of nitrogens with one attached hydrogen (secondary N) is 2. The van der Waals surface area contributed by atoms with Gasteiger partial charge in [-0.2, -0.15) is 5.21 Å². The van der Waals surface area contributed by atoms with Gasteiger partial charge in [-0.3, -0.25) is 4.57 Å². The van der Waals surface area contributed by atoms with Gasteiger partial charge in [0, 0.05) is 6.54 Å². The smallest absolute Gasteiger partial charge is 0.324 e. The summed E-state index contributed by atoms with van der Waals surface area (Å²) in [5.74, 6) is 0.195. The molecule has 0 amide bonds. The molecule has 0 unspecified atom stereocenters. The van der Waals surface area contributed by atoms with E-state index in [0.29, 0.717) is 5.82 Å². The molecule has 2 aromatic carbocycles. The molecule has 0 radical (unpaired) electrons. The van der Waals surface area contributed by atoms with E-state index >= 15 is 0 Å². The molecule has 0 bridgehead atoms. The van der Waals surface area contributed by atoms with Crippen molar-refractivity contribution < 1.29 is 14.4 Å². The SMILES string of the molecule is O=P(O)(O)CNC[C@H](c1ccc(-c2ccccc2)cc1)c1nn[nH]n1. The fourth-order valence-electron chi connectivity index (χ4n) is 2.57. The Morgan fingerprint density at radius 1 is 1.04 bits per heavy atom. The Morgan fingerprint density at radius 2 is 1.72 bits per heavy atom. The molecule has 4 N–H and O–H groups in total. The molecule has 9 heteroatoms. The highest BCUT2D eigenvalue weighted by atomic mass is 31.2. The lowest BCUT2D eigenvalue weighted by molar-refractivity contribution is 0.367. The van der Waals surface area contributed by atoms with E-state index in [1.807, 2.05) is 54.6 Å². The normalized spacial score (nSPS) is 12.9. The highest BCUT2D eigenvalue weighted by Gasteiger charge is 2.20. The van der Waals surface area contributed by atoms with E-state index in [2.05, 4.69) is 25.9 Å². The summed E-state index contributed by atoms with van der Waals surface area (Å²) < 4.78 is 11.0. The molecule has 0 saturated carbocycles. The summed E-state index contributed by atoms with van der Waals surface area (Å²) in [5, 5.41) is 16.8. The first-order valence-electron chi connectivity index (χ1n) is 7.67. The van der Waals surface area contributed by atoms with Crippen LogP contribution in [0.1, 0.15) is 17.3 Å². The van der Waals surface area contributed by atoms with Crippen molar-refractivity contribution in [3.8, 4) is 11.1 Å². The number of aromatic nitrogens is 4. The maximum atomic E-state index is 11.0. The number of rotatable bonds is 7. The quantitative estimate of drug-likeness (QED) is 0.474. The van der Waals surface area contributed by atoms with Gasteiger partial charge in [-0.15, -0.1) is 10.2 Å². The maximum Gasteiger partial charge on any atom is 0.339 e. The Morgan fingerprint density at radius 3 is 2.32 bits per heavy atom. The number of hydrogen-bond donors (Lipinski definition) is 4. The van der Waals surface area contributed by atoms with Gasteiger partial charge in [0.25, 0.3) is 0 Å². The van der Waals surface area contributed by atoms with Gasteiger partial charge >= 0.3 is 7.60 Å². The van der Waals surface area contributed by atoms with Gasteiger partial charge in [0.15, 0.2) is 5.82 Å². The van der Waals surface area contributed by atoms with E-state index in [-0.39, 0.29) is 12.5 Å². The Labute approximate surface area is 144 Å². The first-order valence-corrected chi connectivity index (χ1v) is 9.47. The molecule has 8 nitrogen and oxygen atoms in total. The third kappa shape index (κ3) is 4.80. The van der Waals surface area contributed by atoms with Crippen LogP contribution < -0.4 is 5.32 Å². The molecular formula is C16H18N5O3P. The summed E-state index contributed by atoms with van der Waals surface area (Å²) in [6.07, 6.45) is -0.399. The van der Waals surface area contributed by atoms with Crippen molar-refractivity contribution in [1.29, 1.82) is 0 Å². The number of hydrogen-bond acceptors (Lipinski definition) is 5. The Hall–Kier alpha value is -2.38. The van der Waals surface area contributed by atoms with Gasteiger partial charge in [-0.1, -0.05) is 59.8 Å². The van der Waals surface area contributed by atoms with Crippen molar-refractivity contribution in [3.63, 3.8) is 0 Å². The molecule has 0 saturated heterocycles. The minimum absolute atomic E-state index is 0.268. The van der Waals surface area contributed by atoms with Gasteiger partial charge in [-0.05, 0) is 16.7 Å². The lowest BCUT2D eigenvalue weighted by Crippen LogP contribution is -2.24. The van der Waals surface area contributed by atoms with Crippen LogP contribution in [0, 0.1) is 0 Å². The van der Waals surface area contributed by atoms with Crippen LogP contribution in [0.25, 0.3) is 11.1 Å². The molecule has 0 aliphatic heterocycles. The number of benzene rings is 2. The Balaban J connectivity index is 1.80. The van der Waals surface area contributed by atoms with Gasteiger partial charge in [0.1, 0.15) is 0 Å². The molecule has 1 atom stereocenters. The van der Waals surface area contributed by atoms with Crippen molar-refractivity contribution in [3.05, 3.63) is 66.0 Å². The molecule has 3 aromatic rings. The van der Waals surface area contributed by atoms with Crippen LogP contribution in [0.2, 0.25) is 0 Å². The first-order chi connectivity index (χ1) is 12.0. The van der Waals surface area contributed by atoms with Crippen LogP contribution in [0.4, 0.5) is 0 Å². The second kappa shape index (κ2) is 7.67. The van der Waals surface area contributed by atoms with Gasteiger partial charge < -0.3 is 15.1 Å². The first kappa shape index (κ1) is 17.4. The van der Waals surface area contributed by atoms with Crippen LogP contribution in [0.15, 0.2) is 54.6 Å². The topological polar surface area (TPSA) is 124 Å². The zero-order valence-corrected chi connectivity index (χ0v) is 14.2. The van der Waals surface area contributed by atoms with Gasteiger partial charge in [0.05, 0.1) is 12.2 Å². The molecule has 1 aromatic heterocycles. The highest BCUT2D eigenvalue weighted by Crippen LogP contribution is 2.32. The van der Waals surface area contributed by atoms with E-state index < -0.39 is 13.9 Å². The number of H-pyrrole nitrogens is 1. The summed E-state index contributed by atoms with van der Waals surface area (Å²) in [7, 11) is -4.11. The average Bonchev–Trinajstić information content (AvgIpc) is 3.13. The second-order valence-electron chi connectivity index (χ2n) is 5.59. The minimum Gasteiger partial charge on any atom is -0.324 e. The van der Waals surface area contributed by atoms with Gasteiger partial charge in [-0.25, -0.2) is 0 Å². The summed E-state index contributed by atoms with van der Waals surface area (Å²) in [6.45, 7) is 0.287. The molecule has 0 spiro atoms. The zero-order valence-electron chi connectivity index (χ0n) is 13.3. The van der Waals surface area contributed by atoms with Crippen LogP contribution in [-0.2, 0) is 4.57 Å². The van der Waals surface area contributed by atoms with Crippen molar-refractivity contribution in [2.75, 3.05) is 12.8 Å². The summed E-state index contributed by atoms with van der Waals surface area (Å²) in [6, 6.07) is 17.9. The lowest BCUT2D eigenvalue weighted by Gasteiger charge is -2.15. The standard InChI is InChI=1S/C16H18N5O3P/c22-25(23,24)11-17-10-15(16-18-20-21-19-16)14-8-6-13(7-9-14)12-4-2-1-3-5-12/h1-9,15,17H,10-11H2,(H2,22,23,24)(H,18,19,20,21)/t15-/m1/s1. The molecule has 0 aliphatic carbocycles. The van der Waals surface area contributed by atoms with E-state index in [4.69, 9.17) is 9.79 Å². The summed E-state index contributed by atoms with van der Waals surface area (Å²) >= 11 is 0. The third-order valence-electron chi connectivity index (χ3n) is 3.76. The largest absolute Gasteiger partial charge is 0.339 e. The Bertz CT molecular complexity index is 834. The zero-order chi connectivity index (χ0) is 17.7. The molecule has 3 rings (SSSR count). The number of nitrogens with zero attached hydrogens (tertiary/aromatic N) is 3. The highest BCUT2D eigenvalue weighted by molar-refractivity contribution is 7.51. The fraction of sp³-hybridized carbons (Fsp3) is 0.188. The van der Waals surface area contributed by atoms with Gasteiger partial charge in [0.2, 0.25) is 0 Å². The van der Waals surface area contributed by atoms with E-state index in [9.17, 15) is 4.57 Å². The van der Waals surface area contributed by atoms with Crippen molar-refractivity contribution in [2.45, 2.75) is 5.92 Å². The molecule has 0 fully saturated rings. The van der Waals surface area contributed by atoms with Crippen LogP contribution >= 0.6 is 7.60 Å². The van der Waals surface area contributed by atoms with E-state index in [1.165, 1.54) is 0 Å².